The highest BCUT2D eigenvalue weighted by Crippen LogP contribution is 2.04. The molecule has 0 aliphatic heterocycles. The van der Waals surface area contributed by atoms with Gasteiger partial charge in [0.1, 0.15) is 0 Å². The van der Waals surface area contributed by atoms with E-state index in [2.05, 4.69) is 9.47 Å². The highest BCUT2D eigenvalue weighted by atomic mass is 16.5. The standard InChI is InChI=1S/C9H16O4.C2H6O/c1-12-8(10)6-4-3-5-7-9(11)13-2;1-2-3/h3-7H2,1-2H3;3H,2H2,1H3. The van der Waals surface area contributed by atoms with Gasteiger partial charge in [0.15, 0.2) is 0 Å². The Kier molecular flexibility index (Phi) is 15.0. The van der Waals surface area contributed by atoms with Crippen LogP contribution in [0.15, 0.2) is 0 Å². The Morgan fingerprint density at radius 1 is 0.938 bits per heavy atom. The van der Waals surface area contributed by atoms with Gasteiger partial charge in [-0.3, -0.25) is 9.59 Å². The van der Waals surface area contributed by atoms with Gasteiger partial charge in [-0.25, -0.2) is 0 Å². The van der Waals surface area contributed by atoms with Gasteiger partial charge in [0, 0.05) is 19.4 Å². The molecule has 5 heteroatoms. The van der Waals surface area contributed by atoms with E-state index in [4.69, 9.17) is 5.11 Å². The van der Waals surface area contributed by atoms with Crippen LogP contribution in [0.4, 0.5) is 0 Å². The normalized spacial score (nSPS) is 8.75. The summed E-state index contributed by atoms with van der Waals surface area (Å²) in [5.41, 5.74) is 0. The van der Waals surface area contributed by atoms with Crippen molar-refractivity contribution in [2.75, 3.05) is 20.8 Å². The van der Waals surface area contributed by atoms with Crippen molar-refractivity contribution in [3.63, 3.8) is 0 Å². The number of rotatable bonds is 6. The van der Waals surface area contributed by atoms with Crippen molar-refractivity contribution >= 4 is 11.9 Å². The zero-order chi connectivity index (χ0) is 12.8. The smallest absolute Gasteiger partial charge is 0.305 e. The van der Waals surface area contributed by atoms with Crippen molar-refractivity contribution in [2.24, 2.45) is 0 Å². The number of methoxy groups -OCH3 is 2. The van der Waals surface area contributed by atoms with Gasteiger partial charge in [-0.15, -0.1) is 0 Å². The molecule has 0 bridgehead atoms. The largest absolute Gasteiger partial charge is 0.469 e. The third-order valence-corrected chi connectivity index (χ3v) is 1.72. The lowest BCUT2D eigenvalue weighted by Crippen LogP contribution is -2.01. The molecule has 0 atom stereocenters. The molecule has 0 radical (unpaired) electrons. The minimum Gasteiger partial charge on any atom is -0.469 e. The molecule has 0 unspecified atom stereocenters. The van der Waals surface area contributed by atoms with E-state index in [0.717, 1.165) is 19.3 Å². The van der Waals surface area contributed by atoms with E-state index < -0.39 is 0 Å². The molecule has 0 saturated heterocycles. The number of unbranched alkanes of at least 4 members (excludes halogenated alkanes) is 2. The van der Waals surface area contributed by atoms with Crippen LogP contribution in [-0.2, 0) is 19.1 Å². The van der Waals surface area contributed by atoms with Gasteiger partial charge in [-0.1, -0.05) is 6.42 Å². The third kappa shape index (κ3) is 15.4. The number of carbonyl (C=O) groups excluding carboxylic acids is 2. The molecule has 0 spiro atoms. The highest BCUT2D eigenvalue weighted by Gasteiger charge is 2.01. The van der Waals surface area contributed by atoms with Crippen molar-refractivity contribution in [3.8, 4) is 0 Å². The summed E-state index contributed by atoms with van der Waals surface area (Å²) >= 11 is 0. The molecule has 0 aliphatic rings. The number of ether oxygens (including phenoxy) is 2. The third-order valence-electron chi connectivity index (χ3n) is 1.72. The van der Waals surface area contributed by atoms with Crippen molar-refractivity contribution in [1.82, 2.24) is 0 Å². The van der Waals surface area contributed by atoms with Crippen LogP contribution in [0.2, 0.25) is 0 Å². The predicted octanol–water partition coefficient (Wildman–Crippen LogP) is 1.28. The van der Waals surface area contributed by atoms with E-state index in [9.17, 15) is 9.59 Å². The first-order valence-corrected chi connectivity index (χ1v) is 5.36. The SMILES string of the molecule is CCO.COC(=O)CCCCCC(=O)OC. The van der Waals surface area contributed by atoms with Gasteiger partial charge in [-0.2, -0.15) is 0 Å². The Morgan fingerprint density at radius 2 is 1.25 bits per heavy atom. The van der Waals surface area contributed by atoms with Gasteiger partial charge in [-0.05, 0) is 19.8 Å². The van der Waals surface area contributed by atoms with E-state index in [-0.39, 0.29) is 18.5 Å². The fourth-order valence-electron chi connectivity index (χ4n) is 0.920. The second-order valence-corrected chi connectivity index (χ2v) is 3.03. The summed E-state index contributed by atoms with van der Waals surface area (Å²) < 4.78 is 8.94. The van der Waals surface area contributed by atoms with Crippen LogP contribution in [-0.4, -0.2) is 37.9 Å². The topological polar surface area (TPSA) is 72.8 Å². The molecule has 96 valence electrons. The number of aliphatic hydroxyl groups excluding tert-OH is 1. The summed E-state index contributed by atoms with van der Waals surface area (Å²) in [6.07, 6.45) is 3.24. The molecule has 1 N–H and O–H groups in total. The highest BCUT2D eigenvalue weighted by molar-refractivity contribution is 5.69. The van der Waals surface area contributed by atoms with E-state index in [1.54, 1.807) is 6.92 Å². The Balaban J connectivity index is 0. The average Bonchev–Trinajstić information content (AvgIpc) is 2.29. The summed E-state index contributed by atoms with van der Waals surface area (Å²) in [6, 6.07) is 0. The number of carbonyl (C=O) groups is 2. The average molecular weight is 234 g/mol. The molecule has 0 aromatic carbocycles. The zero-order valence-corrected chi connectivity index (χ0v) is 10.3. The number of esters is 2. The van der Waals surface area contributed by atoms with Gasteiger partial charge in [0.25, 0.3) is 0 Å². The molecule has 16 heavy (non-hydrogen) atoms. The summed E-state index contributed by atoms with van der Waals surface area (Å²) in [6.45, 7) is 1.93. The van der Waals surface area contributed by atoms with Crippen LogP contribution in [0.3, 0.4) is 0 Å². The Bertz CT molecular complexity index is 161. The molecular weight excluding hydrogens is 212 g/mol. The van der Waals surface area contributed by atoms with E-state index in [1.165, 1.54) is 14.2 Å². The minimum atomic E-state index is -0.196. The maximum Gasteiger partial charge on any atom is 0.305 e. The van der Waals surface area contributed by atoms with Gasteiger partial charge < -0.3 is 14.6 Å². The number of hydrogen-bond donors (Lipinski definition) is 1. The molecule has 0 aliphatic carbocycles. The van der Waals surface area contributed by atoms with Crippen LogP contribution < -0.4 is 0 Å². The fraction of sp³-hybridized carbons (Fsp3) is 0.818. The van der Waals surface area contributed by atoms with Gasteiger partial charge in [0.2, 0.25) is 0 Å². The molecule has 0 heterocycles. The summed E-state index contributed by atoms with van der Waals surface area (Å²) in [5.74, 6) is -0.392. The molecule has 0 saturated carbocycles. The van der Waals surface area contributed by atoms with Crippen molar-refractivity contribution in [3.05, 3.63) is 0 Å². The molecule has 0 fully saturated rings. The lowest BCUT2D eigenvalue weighted by atomic mass is 10.1. The molecule has 5 nitrogen and oxygen atoms in total. The first kappa shape index (κ1) is 17.3. The second kappa shape index (κ2) is 13.9. The molecule has 0 amide bonds. The van der Waals surface area contributed by atoms with E-state index in [1.807, 2.05) is 0 Å². The number of hydrogen-bond acceptors (Lipinski definition) is 5. The summed E-state index contributed by atoms with van der Waals surface area (Å²) in [4.78, 5) is 21.3. The maximum atomic E-state index is 10.7. The monoisotopic (exact) mass is 234 g/mol. The van der Waals surface area contributed by atoms with Crippen LogP contribution in [0, 0.1) is 0 Å². The molecule has 0 rings (SSSR count). The van der Waals surface area contributed by atoms with Gasteiger partial charge in [0.05, 0.1) is 14.2 Å². The lowest BCUT2D eigenvalue weighted by molar-refractivity contribution is -0.141. The first-order valence-electron chi connectivity index (χ1n) is 5.36. The Morgan fingerprint density at radius 3 is 1.50 bits per heavy atom. The predicted molar refractivity (Wildman–Crippen MR) is 59.9 cm³/mol. The van der Waals surface area contributed by atoms with Crippen molar-refractivity contribution < 1.29 is 24.2 Å². The van der Waals surface area contributed by atoms with Gasteiger partial charge >= 0.3 is 11.9 Å². The van der Waals surface area contributed by atoms with Crippen molar-refractivity contribution in [2.45, 2.75) is 39.0 Å². The number of aliphatic hydroxyl groups is 1. The Hall–Kier alpha value is -1.10. The molecular formula is C11H22O5. The fourth-order valence-corrected chi connectivity index (χ4v) is 0.920. The van der Waals surface area contributed by atoms with Crippen molar-refractivity contribution in [1.29, 1.82) is 0 Å². The van der Waals surface area contributed by atoms with Crippen LogP contribution in [0.25, 0.3) is 0 Å². The second-order valence-electron chi connectivity index (χ2n) is 3.03. The Labute approximate surface area is 96.7 Å². The zero-order valence-electron chi connectivity index (χ0n) is 10.3. The van der Waals surface area contributed by atoms with E-state index in [0.29, 0.717) is 12.8 Å². The summed E-state index contributed by atoms with van der Waals surface area (Å²) in [5, 5.41) is 7.57. The lowest BCUT2D eigenvalue weighted by Gasteiger charge is -1.99. The van der Waals surface area contributed by atoms with Crippen LogP contribution >= 0.6 is 0 Å². The minimum absolute atomic E-state index is 0.196. The summed E-state index contributed by atoms with van der Waals surface area (Å²) in [7, 11) is 2.74. The maximum absolute atomic E-state index is 10.7. The van der Waals surface area contributed by atoms with Crippen LogP contribution in [0.1, 0.15) is 39.0 Å². The first-order chi connectivity index (χ1) is 7.62. The molecule has 0 aromatic heterocycles. The quantitative estimate of drug-likeness (QED) is 0.553. The molecule has 0 aromatic rings. The van der Waals surface area contributed by atoms with Crippen LogP contribution in [0.5, 0.6) is 0 Å². The van der Waals surface area contributed by atoms with E-state index >= 15 is 0 Å².